The number of carbonyl (C=O) groups excluding carboxylic acids is 1. The summed E-state index contributed by atoms with van der Waals surface area (Å²) in [5.41, 5.74) is 6.01. The van der Waals surface area contributed by atoms with Gasteiger partial charge in [-0.1, -0.05) is 37.3 Å². The van der Waals surface area contributed by atoms with Crippen LogP contribution in [0.15, 0.2) is 30.3 Å². The lowest BCUT2D eigenvalue weighted by molar-refractivity contribution is -0.143. The number of carbonyl (C=O) groups is 1. The number of nitrogens with two attached hydrogens (primary N) is 1. The van der Waals surface area contributed by atoms with E-state index in [1.807, 2.05) is 37.3 Å². The van der Waals surface area contributed by atoms with Gasteiger partial charge in [-0.2, -0.15) is 0 Å². The van der Waals surface area contributed by atoms with Crippen LogP contribution in [0.5, 0.6) is 0 Å². The van der Waals surface area contributed by atoms with Crippen molar-refractivity contribution in [2.75, 3.05) is 7.11 Å². The second-order valence-electron chi connectivity index (χ2n) is 4.34. The third-order valence-electron chi connectivity index (χ3n) is 3.45. The molecule has 0 aliphatic heterocycles. The van der Waals surface area contributed by atoms with Crippen LogP contribution in [-0.2, 0) is 14.9 Å². The van der Waals surface area contributed by atoms with Gasteiger partial charge in [-0.15, -0.1) is 0 Å². The van der Waals surface area contributed by atoms with Gasteiger partial charge in [-0.3, -0.25) is 4.79 Å². The number of rotatable bonds is 2. The van der Waals surface area contributed by atoms with Gasteiger partial charge in [0.2, 0.25) is 0 Å². The maximum absolute atomic E-state index is 11.5. The van der Waals surface area contributed by atoms with Crippen molar-refractivity contribution in [2.24, 2.45) is 5.73 Å². The number of benzene rings is 1. The number of esters is 1. The first-order valence-electron chi connectivity index (χ1n) is 4.97. The molecule has 1 aliphatic rings. The molecule has 0 aromatic heterocycles. The highest BCUT2D eigenvalue weighted by atomic mass is 16.5. The van der Waals surface area contributed by atoms with E-state index < -0.39 is 5.54 Å². The van der Waals surface area contributed by atoms with Crippen LogP contribution in [0.2, 0.25) is 0 Å². The number of ether oxygens (including phenoxy) is 1. The lowest BCUT2D eigenvalue weighted by Crippen LogP contribution is -2.41. The molecule has 1 aromatic carbocycles. The molecule has 0 spiro atoms. The minimum Gasteiger partial charge on any atom is -0.468 e. The molecular formula is C12H15NO2. The zero-order valence-corrected chi connectivity index (χ0v) is 8.99. The van der Waals surface area contributed by atoms with Crippen LogP contribution in [0.3, 0.4) is 0 Å². The van der Waals surface area contributed by atoms with Gasteiger partial charge >= 0.3 is 5.97 Å². The van der Waals surface area contributed by atoms with Crippen molar-refractivity contribution < 1.29 is 9.53 Å². The molecule has 2 N–H and O–H groups in total. The summed E-state index contributed by atoms with van der Waals surface area (Å²) < 4.78 is 4.73. The van der Waals surface area contributed by atoms with E-state index in [0.717, 1.165) is 5.56 Å². The highest BCUT2D eigenvalue weighted by molar-refractivity contribution is 5.88. The monoisotopic (exact) mass is 205 g/mol. The molecule has 15 heavy (non-hydrogen) atoms. The van der Waals surface area contributed by atoms with Crippen LogP contribution in [-0.4, -0.2) is 18.6 Å². The van der Waals surface area contributed by atoms with Gasteiger partial charge in [0.1, 0.15) is 5.54 Å². The Morgan fingerprint density at radius 1 is 1.40 bits per heavy atom. The first-order chi connectivity index (χ1) is 7.04. The molecular weight excluding hydrogens is 190 g/mol. The average molecular weight is 205 g/mol. The summed E-state index contributed by atoms with van der Waals surface area (Å²) in [4.78, 5) is 11.5. The third kappa shape index (κ3) is 1.27. The van der Waals surface area contributed by atoms with E-state index >= 15 is 0 Å². The maximum atomic E-state index is 11.5. The molecule has 80 valence electrons. The van der Waals surface area contributed by atoms with Gasteiger partial charge in [-0.25, -0.2) is 0 Å². The van der Waals surface area contributed by atoms with E-state index in [4.69, 9.17) is 10.5 Å². The second-order valence-corrected chi connectivity index (χ2v) is 4.34. The van der Waals surface area contributed by atoms with Gasteiger partial charge in [0.05, 0.1) is 7.11 Å². The maximum Gasteiger partial charge on any atom is 0.326 e. The summed E-state index contributed by atoms with van der Waals surface area (Å²) in [5.74, 6) is -0.325. The predicted molar refractivity (Wildman–Crippen MR) is 57.3 cm³/mol. The van der Waals surface area contributed by atoms with Gasteiger partial charge in [0, 0.05) is 5.41 Å². The molecule has 3 nitrogen and oxygen atoms in total. The predicted octanol–water partition coefficient (Wildman–Crippen LogP) is 1.22. The van der Waals surface area contributed by atoms with Crippen molar-refractivity contribution >= 4 is 5.97 Å². The van der Waals surface area contributed by atoms with E-state index in [-0.39, 0.29) is 11.4 Å². The Morgan fingerprint density at radius 2 is 2.00 bits per heavy atom. The van der Waals surface area contributed by atoms with Gasteiger partial charge in [0.15, 0.2) is 0 Å². The van der Waals surface area contributed by atoms with Crippen molar-refractivity contribution in [2.45, 2.75) is 24.3 Å². The van der Waals surface area contributed by atoms with Crippen LogP contribution >= 0.6 is 0 Å². The third-order valence-corrected chi connectivity index (χ3v) is 3.45. The minimum atomic E-state index is -0.844. The number of hydrogen-bond acceptors (Lipinski definition) is 3. The lowest BCUT2D eigenvalue weighted by Gasteiger charge is -2.16. The SMILES string of the molecule is COC(=O)[C@@]1(N)C[C@@]1(C)c1ccccc1. The van der Waals surface area contributed by atoms with E-state index in [9.17, 15) is 4.79 Å². The smallest absolute Gasteiger partial charge is 0.326 e. The first kappa shape index (κ1) is 10.2. The zero-order chi connectivity index (χ0) is 11.1. The minimum absolute atomic E-state index is 0.276. The Balaban J connectivity index is 2.31. The fraction of sp³-hybridized carbons (Fsp3) is 0.417. The molecule has 0 bridgehead atoms. The van der Waals surface area contributed by atoms with Gasteiger partial charge in [-0.05, 0) is 12.0 Å². The van der Waals surface area contributed by atoms with Crippen molar-refractivity contribution in [1.29, 1.82) is 0 Å². The molecule has 0 amide bonds. The van der Waals surface area contributed by atoms with Crippen LogP contribution in [0.4, 0.5) is 0 Å². The molecule has 0 radical (unpaired) electrons. The quantitative estimate of drug-likeness (QED) is 0.738. The second kappa shape index (κ2) is 3.07. The highest BCUT2D eigenvalue weighted by Crippen LogP contribution is 2.56. The van der Waals surface area contributed by atoms with E-state index in [1.54, 1.807) is 0 Å². The van der Waals surface area contributed by atoms with Crippen molar-refractivity contribution in [1.82, 2.24) is 0 Å². The normalized spacial score (nSPS) is 33.5. The van der Waals surface area contributed by atoms with Crippen molar-refractivity contribution in [3.8, 4) is 0 Å². The Kier molecular flexibility index (Phi) is 2.08. The van der Waals surface area contributed by atoms with Crippen LogP contribution in [0.1, 0.15) is 18.9 Å². The van der Waals surface area contributed by atoms with Crippen molar-refractivity contribution in [3.63, 3.8) is 0 Å². The summed E-state index contributed by atoms with van der Waals surface area (Å²) in [5, 5.41) is 0. The van der Waals surface area contributed by atoms with Crippen molar-refractivity contribution in [3.05, 3.63) is 35.9 Å². The molecule has 0 unspecified atom stereocenters. The first-order valence-corrected chi connectivity index (χ1v) is 4.97. The molecule has 1 aromatic rings. The fourth-order valence-corrected chi connectivity index (χ4v) is 2.16. The Morgan fingerprint density at radius 3 is 2.53 bits per heavy atom. The van der Waals surface area contributed by atoms with E-state index in [0.29, 0.717) is 6.42 Å². The van der Waals surface area contributed by atoms with Gasteiger partial charge in [0.25, 0.3) is 0 Å². The van der Waals surface area contributed by atoms with Crippen LogP contribution < -0.4 is 5.73 Å². The zero-order valence-electron chi connectivity index (χ0n) is 8.99. The molecule has 1 fully saturated rings. The molecule has 3 heteroatoms. The highest BCUT2D eigenvalue weighted by Gasteiger charge is 2.68. The molecule has 1 saturated carbocycles. The summed E-state index contributed by atoms with van der Waals surface area (Å²) >= 11 is 0. The lowest BCUT2D eigenvalue weighted by atomic mass is 9.93. The molecule has 1 aliphatic carbocycles. The Labute approximate surface area is 89.2 Å². The average Bonchev–Trinajstić information content (AvgIpc) is 2.85. The van der Waals surface area contributed by atoms with E-state index in [1.165, 1.54) is 7.11 Å². The largest absolute Gasteiger partial charge is 0.468 e. The van der Waals surface area contributed by atoms with Gasteiger partial charge < -0.3 is 10.5 Å². The number of hydrogen-bond donors (Lipinski definition) is 1. The van der Waals surface area contributed by atoms with Crippen LogP contribution in [0, 0.1) is 0 Å². The molecule has 0 heterocycles. The molecule has 0 saturated heterocycles. The van der Waals surface area contributed by atoms with Crippen LogP contribution in [0.25, 0.3) is 0 Å². The summed E-state index contributed by atoms with van der Waals surface area (Å²) in [6.45, 7) is 2.00. The molecule has 2 rings (SSSR count). The Bertz CT molecular complexity index is 390. The summed E-state index contributed by atoms with van der Waals surface area (Å²) in [7, 11) is 1.38. The fourth-order valence-electron chi connectivity index (χ4n) is 2.16. The topological polar surface area (TPSA) is 52.3 Å². The van der Waals surface area contributed by atoms with E-state index in [2.05, 4.69) is 0 Å². The number of methoxy groups -OCH3 is 1. The Hall–Kier alpha value is -1.35. The summed E-state index contributed by atoms with van der Waals surface area (Å²) in [6.07, 6.45) is 0.649. The standard InChI is InChI=1S/C12H15NO2/c1-11(9-6-4-3-5-7-9)8-12(11,13)10(14)15-2/h3-7H,8,13H2,1-2H3/t11-,12-/m0/s1. The molecule has 2 atom stereocenters. The summed E-state index contributed by atoms with van der Waals surface area (Å²) in [6, 6.07) is 9.86.